The minimum absolute atomic E-state index is 0.0175. The number of aliphatic carboxylic acids is 1. The van der Waals surface area contributed by atoms with Crippen molar-refractivity contribution in [1.82, 2.24) is 0 Å². The molecule has 2 aliphatic rings. The van der Waals surface area contributed by atoms with Gasteiger partial charge in [-0.3, -0.25) is 4.79 Å². The van der Waals surface area contributed by atoms with Crippen molar-refractivity contribution in [3.05, 3.63) is 28.8 Å². The Balaban J connectivity index is 2.02. The van der Waals surface area contributed by atoms with E-state index in [0.717, 1.165) is 22.4 Å². The van der Waals surface area contributed by atoms with E-state index < -0.39 is 21.7 Å². The fourth-order valence-electron chi connectivity index (χ4n) is 3.75. The number of anilines is 1. The normalized spacial score (nSPS) is 25.0. The fraction of sp³-hybridized carbons (Fsp3) is 0.500. The summed E-state index contributed by atoms with van der Waals surface area (Å²) < 4.78 is 24.3. The lowest BCUT2D eigenvalue weighted by Gasteiger charge is -2.28. The number of hydrogen-bond acceptors (Lipinski definition) is 6. The molecule has 2 heterocycles. The highest BCUT2D eigenvalue weighted by Gasteiger charge is 2.49. The van der Waals surface area contributed by atoms with E-state index in [9.17, 15) is 23.1 Å². The number of benzene rings is 1. The van der Waals surface area contributed by atoms with Gasteiger partial charge in [-0.1, -0.05) is 29.5 Å². The van der Waals surface area contributed by atoms with Gasteiger partial charge in [-0.15, -0.1) is 0 Å². The first kappa shape index (κ1) is 19.9. The van der Waals surface area contributed by atoms with Gasteiger partial charge in [0.15, 0.2) is 15.0 Å². The topological polar surface area (TPSA) is 107 Å². The Kier molecular flexibility index (Phi) is 5.36. The first-order valence-corrected chi connectivity index (χ1v) is 11.3. The van der Waals surface area contributed by atoms with Crippen molar-refractivity contribution in [3.8, 4) is 0 Å². The second-order valence-electron chi connectivity index (χ2n) is 7.08. The first-order chi connectivity index (χ1) is 12.6. The van der Waals surface area contributed by atoms with Crippen LogP contribution in [0, 0.1) is 20.8 Å². The summed E-state index contributed by atoms with van der Waals surface area (Å²) in [5.74, 6) is -1.77. The Hall–Kier alpha value is -1.87. The van der Waals surface area contributed by atoms with Crippen LogP contribution in [0.5, 0.6) is 0 Å². The molecule has 0 spiro atoms. The van der Waals surface area contributed by atoms with Gasteiger partial charge in [0, 0.05) is 23.3 Å². The summed E-state index contributed by atoms with van der Waals surface area (Å²) in [4.78, 5) is 28.7. The molecule has 0 aliphatic carbocycles. The van der Waals surface area contributed by atoms with Crippen molar-refractivity contribution >= 4 is 44.3 Å². The van der Waals surface area contributed by atoms with Gasteiger partial charge in [0.25, 0.3) is 0 Å². The lowest BCUT2D eigenvalue weighted by molar-refractivity contribution is -0.305. The predicted octanol–water partition coefficient (Wildman–Crippen LogP) is 0.743. The highest BCUT2D eigenvalue weighted by molar-refractivity contribution is 8.16. The number of carboxylic acid groups (broad SMARTS) is 1. The Labute approximate surface area is 162 Å². The molecule has 1 amide bonds. The minimum Gasteiger partial charge on any atom is -0.550 e. The maximum Gasteiger partial charge on any atom is 0.248 e. The lowest BCUT2D eigenvalue weighted by Crippen LogP contribution is -2.38. The highest BCUT2D eigenvalue weighted by Crippen LogP contribution is 2.43. The van der Waals surface area contributed by atoms with Crippen LogP contribution in [0.1, 0.15) is 29.5 Å². The largest absolute Gasteiger partial charge is 0.550 e. The van der Waals surface area contributed by atoms with E-state index in [2.05, 4.69) is 4.99 Å². The van der Waals surface area contributed by atoms with E-state index >= 15 is 0 Å². The molecule has 7 nitrogen and oxygen atoms in total. The number of hydrogen-bond donors (Lipinski definition) is 0. The molecule has 27 heavy (non-hydrogen) atoms. The number of carboxylic acids is 1. The van der Waals surface area contributed by atoms with E-state index in [-0.39, 0.29) is 35.6 Å². The number of sulfone groups is 1. The van der Waals surface area contributed by atoms with Crippen LogP contribution in [-0.2, 0) is 19.4 Å². The summed E-state index contributed by atoms with van der Waals surface area (Å²) in [6.07, 6.45) is -0.621. The molecule has 0 radical (unpaired) electrons. The monoisotopic (exact) mass is 409 g/mol. The molecule has 2 saturated heterocycles. The SMILES string of the molecule is Cc1cc(C)c(N2C(=NC(=O)CCC(=O)[O-])S[C@@H]3CS(=O)(=O)C[C@H]32)c(C)c1. The standard InChI is InChI=1S/C18H22N2O5S2/c1-10-6-11(2)17(12(3)7-10)20-13-8-27(24,25)9-14(13)26-18(20)19-15(21)4-5-16(22)23/h6-7,13-14H,4-5,8-9H2,1-3H3,(H,22,23)/p-1/t13-,14-/m1/s1. The third-order valence-electron chi connectivity index (χ3n) is 4.71. The number of amidine groups is 1. The van der Waals surface area contributed by atoms with Gasteiger partial charge in [-0.25, -0.2) is 8.42 Å². The smallest absolute Gasteiger partial charge is 0.248 e. The molecule has 0 aromatic heterocycles. The Morgan fingerprint density at radius 2 is 1.81 bits per heavy atom. The van der Waals surface area contributed by atoms with Crippen molar-refractivity contribution in [3.63, 3.8) is 0 Å². The van der Waals surface area contributed by atoms with E-state index in [1.807, 2.05) is 37.8 Å². The van der Waals surface area contributed by atoms with Crippen LogP contribution in [-0.4, -0.2) is 48.3 Å². The van der Waals surface area contributed by atoms with Crippen LogP contribution in [0.15, 0.2) is 17.1 Å². The molecule has 1 aromatic carbocycles. The molecular formula is C18H21N2O5S2-. The summed E-state index contributed by atoms with van der Waals surface area (Å²) >= 11 is 1.28. The van der Waals surface area contributed by atoms with Gasteiger partial charge in [0.1, 0.15) is 0 Å². The summed E-state index contributed by atoms with van der Waals surface area (Å²) in [5.41, 5.74) is 3.92. The molecule has 2 aliphatic heterocycles. The molecule has 0 unspecified atom stereocenters. The number of carbonyl (C=O) groups is 2. The van der Waals surface area contributed by atoms with Gasteiger partial charge in [-0.2, -0.15) is 4.99 Å². The first-order valence-electron chi connectivity index (χ1n) is 8.63. The number of amides is 1. The average molecular weight is 410 g/mol. The molecule has 0 saturated carbocycles. The number of rotatable bonds is 4. The summed E-state index contributed by atoms with van der Waals surface area (Å²) in [6.45, 7) is 5.89. The second-order valence-corrected chi connectivity index (χ2v) is 10.4. The molecule has 3 rings (SSSR count). The minimum atomic E-state index is -3.14. The van der Waals surface area contributed by atoms with Gasteiger partial charge < -0.3 is 14.8 Å². The van der Waals surface area contributed by atoms with E-state index in [0.29, 0.717) is 5.17 Å². The third kappa shape index (κ3) is 4.19. The second kappa shape index (κ2) is 7.27. The van der Waals surface area contributed by atoms with Gasteiger partial charge in [0.05, 0.1) is 17.5 Å². The number of carbonyl (C=O) groups excluding carboxylic acids is 2. The molecule has 1 aromatic rings. The number of thioether (sulfide) groups is 1. The molecule has 0 N–H and O–H groups in total. The maximum absolute atomic E-state index is 12.1. The van der Waals surface area contributed by atoms with Crippen LogP contribution >= 0.6 is 11.8 Å². The molecular weight excluding hydrogens is 388 g/mol. The highest BCUT2D eigenvalue weighted by atomic mass is 32.2. The van der Waals surface area contributed by atoms with Crippen molar-refractivity contribution in [1.29, 1.82) is 0 Å². The number of aryl methyl sites for hydroxylation is 3. The maximum atomic E-state index is 12.1. The van der Waals surface area contributed by atoms with Crippen LogP contribution in [0.2, 0.25) is 0 Å². The quantitative estimate of drug-likeness (QED) is 0.722. The van der Waals surface area contributed by atoms with Crippen LogP contribution in [0.25, 0.3) is 0 Å². The van der Waals surface area contributed by atoms with Crippen molar-refractivity contribution in [2.24, 2.45) is 4.99 Å². The Morgan fingerprint density at radius 1 is 1.19 bits per heavy atom. The van der Waals surface area contributed by atoms with Gasteiger partial charge >= 0.3 is 0 Å². The van der Waals surface area contributed by atoms with E-state index in [4.69, 9.17) is 0 Å². The molecule has 9 heteroatoms. The predicted molar refractivity (Wildman–Crippen MR) is 104 cm³/mol. The van der Waals surface area contributed by atoms with Gasteiger partial charge in [-0.05, 0) is 38.3 Å². The van der Waals surface area contributed by atoms with Crippen molar-refractivity contribution < 1.29 is 23.1 Å². The third-order valence-corrected chi connectivity index (χ3v) is 7.92. The van der Waals surface area contributed by atoms with Crippen molar-refractivity contribution in [2.45, 2.75) is 44.9 Å². The molecule has 146 valence electrons. The van der Waals surface area contributed by atoms with Gasteiger partial charge in [0.2, 0.25) is 5.91 Å². The summed E-state index contributed by atoms with van der Waals surface area (Å²) in [6, 6.07) is 3.74. The molecule has 2 atom stereocenters. The number of nitrogens with zero attached hydrogens (tertiary/aromatic N) is 2. The average Bonchev–Trinajstić information content (AvgIpc) is 2.97. The summed E-state index contributed by atoms with van der Waals surface area (Å²) in [5, 5.41) is 10.8. The molecule has 2 fully saturated rings. The van der Waals surface area contributed by atoms with Crippen LogP contribution in [0.4, 0.5) is 5.69 Å². The Bertz CT molecular complexity index is 916. The van der Waals surface area contributed by atoms with Crippen LogP contribution in [0.3, 0.4) is 0 Å². The zero-order valence-electron chi connectivity index (χ0n) is 15.4. The number of fused-ring (bicyclic) bond motifs is 1. The van der Waals surface area contributed by atoms with Crippen LogP contribution < -0.4 is 10.0 Å². The fourth-order valence-corrected chi connectivity index (χ4v) is 7.67. The van der Waals surface area contributed by atoms with Crippen molar-refractivity contribution in [2.75, 3.05) is 16.4 Å². The summed E-state index contributed by atoms with van der Waals surface area (Å²) in [7, 11) is -3.14. The zero-order chi connectivity index (χ0) is 19.9. The lowest BCUT2D eigenvalue weighted by atomic mass is 10.0. The number of aliphatic imine (C=N–C) groups is 1. The molecule has 0 bridgehead atoms. The Morgan fingerprint density at radius 3 is 2.41 bits per heavy atom. The zero-order valence-corrected chi connectivity index (χ0v) is 17.0. The van der Waals surface area contributed by atoms with E-state index in [1.165, 1.54) is 11.8 Å². The van der Waals surface area contributed by atoms with E-state index in [1.54, 1.807) is 0 Å².